The molecule has 0 saturated heterocycles. The molecule has 2 N–H and O–H groups in total. The maximum atomic E-state index is 3.63. The third kappa shape index (κ3) is 10.7. The Morgan fingerprint density at radius 1 is 1.71 bits per heavy atom. The van der Waals surface area contributed by atoms with Crippen molar-refractivity contribution in [3.8, 4) is 0 Å². The summed E-state index contributed by atoms with van der Waals surface area (Å²) in [7, 11) is 0.304. The summed E-state index contributed by atoms with van der Waals surface area (Å²) in [5.74, 6) is 0. The van der Waals surface area contributed by atoms with Gasteiger partial charge < -0.3 is 5.48 Å². The van der Waals surface area contributed by atoms with Gasteiger partial charge in [-0.15, -0.1) is 6.58 Å². The lowest BCUT2D eigenvalue weighted by atomic mass is 10.8. The number of hydrogen-bond donors (Lipinski definition) is 0. The molecule has 0 unspecified atom stereocenters. The molecule has 0 spiro atoms. The van der Waals surface area contributed by atoms with E-state index < -0.39 is 0 Å². The van der Waals surface area contributed by atoms with Gasteiger partial charge in [-0.3, -0.25) is 0 Å². The lowest BCUT2D eigenvalue weighted by molar-refractivity contribution is 0.824. The van der Waals surface area contributed by atoms with Crippen molar-refractivity contribution in [3.05, 3.63) is 12.7 Å². The number of hydrogen-bond acceptors (Lipinski definition) is 0. The summed E-state index contributed by atoms with van der Waals surface area (Å²) in [6.07, 6.45) is 2.02. The van der Waals surface area contributed by atoms with Gasteiger partial charge in [0.05, 0.1) is 0 Å². The highest BCUT2D eigenvalue weighted by Crippen LogP contribution is 1.81. The van der Waals surface area contributed by atoms with Gasteiger partial charge in [-0.2, -0.15) is 0 Å². The Morgan fingerprint density at radius 3 is 2.43 bits per heavy atom. The van der Waals surface area contributed by atoms with Crippen molar-refractivity contribution in [3.63, 3.8) is 0 Å². The standard InChI is InChI=1S/C5H12Si.H2O/c1-3-5-6-4-2;/h3H,1,4-6H2,2H3;1H2. The van der Waals surface area contributed by atoms with Crippen molar-refractivity contribution in [2.24, 2.45) is 0 Å². The van der Waals surface area contributed by atoms with Gasteiger partial charge in [0.25, 0.3) is 0 Å². The summed E-state index contributed by atoms with van der Waals surface area (Å²) < 4.78 is 0. The van der Waals surface area contributed by atoms with Crippen LogP contribution in [0.3, 0.4) is 0 Å². The largest absolute Gasteiger partial charge is 0.412 e. The molecule has 0 atom stereocenters. The molecule has 0 aliphatic heterocycles. The fourth-order valence-electron chi connectivity index (χ4n) is 0.348. The van der Waals surface area contributed by atoms with Gasteiger partial charge in [-0.05, 0) is 6.04 Å². The first-order valence-electron chi connectivity index (χ1n) is 2.52. The molecule has 0 bridgehead atoms. The maximum absolute atomic E-state index is 3.63. The van der Waals surface area contributed by atoms with Gasteiger partial charge in [-0.25, -0.2) is 0 Å². The highest BCUT2D eigenvalue weighted by atomic mass is 28.2. The van der Waals surface area contributed by atoms with Crippen LogP contribution in [0, 0.1) is 0 Å². The molecule has 0 radical (unpaired) electrons. The topological polar surface area (TPSA) is 31.5 Å². The van der Waals surface area contributed by atoms with E-state index in [0.717, 1.165) is 0 Å². The molecule has 1 nitrogen and oxygen atoms in total. The molecule has 0 heterocycles. The zero-order chi connectivity index (χ0) is 4.83. The Morgan fingerprint density at radius 2 is 2.29 bits per heavy atom. The van der Waals surface area contributed by atoms with Crippen LogP contribution in [0.5, 0.6) is 0 Å². The summed E-state index contributed by atoms with van der Waals surface area (Å²) >= 11 is 0. The summed E-state index contributed by atoms with van der Waals surface area (Å²) in [5.41, 5.74) is 0. The van der Waals surface area contributed by atoms with Crippen molar-refractivity contribution >= 4 is 9.52 Å². The monoisotopic (exact) mass is 118 g/mol. The lowest BCUT2D eigenvalue weighted by Crippen LogP contribution is -1.78. The second-order valence-corrected chi connectivity index (χ2v) is 3.72. The predicted octanol–water partition coefficient (Wildman–Crippen LogP) is 0.373. The molecule has 0 amide bonds. The second-order valence-electron chi connectivity index (χ2n) is 1.43. The van der Waals surface area contributed by atoms with Crippen LogP contribution in [0.1, 0.15) is 6.92 Å². The molecular formula is C5H14OSi. The van der Waals surface area contributed by atoms with E-state index in [1.165, 1.54) is 12.1 Å². The number of allylic oxidation sites excluding steroid dienone is 1. The highest BCUT2D eigenvalue weighted by Gasteiger charge is 1.73. The highest BCUT2D eigenvalue weighted by molar-refractivity contribution is 6.35. The Labute approximate surface area is 47.6 Å². The molecule has 0 aromatic carbocycles. The Bertz CT molecular complexity index is 37.1. The minimum atomic E-state index is 0. The minimum absolute atomic E-state index is 0. The maximum Gasteiger partial charge on any atom is 0.0237 e. The van der Waals surface area contributed by atoms with Crippen molar-refractivity contribution in [1.82, 2.24) is 0 Å². The van der Waals surface area contributed by atoms with Crippen LogP contribution >= 0.6 is 0 Å². The molecule has 2 heteroatoms. The molecule has 0 fully saturated rings. The van der Waals surface area contributed by atoms with Crippen LogP contribution in [-0.4, -0.2) is 15.0 Å². The first-order chi connectivity index (χ1) is 2.91. The van der Waals surface area contributed by atoms with E-state index in [-0.39, 0.29) is 5.48 Å². The summed E-state index contributed by atoms with van der Waals surface area (Å²) in [4.78, 5) is 0. The summed E-state index contributed by atoms with van der Waals surface area (Å²) in [6.45, 7) is 5.88. The third-order valence-electron chi connectivity index (χ3n) is 0.762. The Kier molecular flexibility index (Phi) is 13.3. The van der Waals surface area contributed by atoms with E-state index in [1.54, 1.807) is 0 Å². The smallest absolute Gasteiger partial charge is 0.0237 e. The Balaban J connectivity index is 0. The van der Waals surface area contributed by atoms with Gasteiger partial charge in [0.15, 0.2) is 0 Å². The van der Waals surface area contributed by atoms with Crippen LogP contribution in [0.25, 0.3) is 0 Å². The molecule has 7 heavy (non-hydrogen) atoms. The first-order valence-corrected chi connectivity index (χ1v) is 4.52. The van der Waals surface area contributed by atoms with E-state index in [4.69, 9.17) is 0 Å². The van der Waals surface area contributed by atoms with E-state index >= 15 is 0 Å². The van der Waals surface area contributed by atoms with Crippen LogP contribution in [-0.2, 0) is 0 Å². The predicted molar refractivity (Wildman–Crippen MR) is 37.6 cm³/mol. The lowest BCUT2D eigenvalue weighted by Gasteiger charge is -1.80. The van der Waals surface area contributed by atoms with Crippen molar-refractivity contribution in [2.75, 3.05) is 0 Å². The summed E-state index contributed by atoms with van der Waals surface area (Å²) in [5, 5.41) is 0. The van der Waals surface area contributed by atoms with E-state index in [2.05, 4.69) is 13.5 Å². The summed E-state index contributed by atoms with van der Waals surface area (Å²) in [6, 6.07) is 2.74. The van der Waals surface area contributed by atoms with Crippen molar-refractivity contribution in [2.45, 2.75) is 19.0 Å². The second kappa shape index (κ2) is 9.32. The minimum Gasteiger partial charge on any atom is -0.412 e. The SMILES string of the molecule is C=CC[SiH2]CC.O. The quantitative estimate of drug-likeness (QED) is 0.291. The normalized spacial score (nSPS) is 8.71. The van der Waals surface area contributed by atoms with E-state index in [9.17, 15) is 0 Å². The fourth-order valence-corrected chi connectivity index (χ4v) is 1.05. The molecule has 0 aromatic rings. The van der Waals surface area contributed by atoms with E-state index in [0.29, 0.717) is 9.52 Å². The zero-order valence-electron chi connectivity index (χ0n) is 4.91. The molecule has 0 aliphatic carbocycles. The van der Waals surface area contributed by atoms with Crippen molar-refractivity contribution < 1.29 is 5.48 Å². The van der Waals surface area contributed by atoms with Crippen LogP contribution in [0.2, 0.25) is 12.1 Å². The van der Waals surface area contributed by atoms with Gasteiger partial charge in [-0.1, -0.05) is 19.0 Å². The molecule has 0 aliphatic rings. The average Bonchev–Trinajstić information content (AvgIpc) is 1.61. The van der Waals surface area contributed by atoms with Crippen molar-refractivity contribution in [1.29, 1.82) is 0 Å². The van der Waals surface area contributed by atoms with Crippen LogP contribution in [0.4, 0.5) is 0 Å². The van der Waals surface area contributed by atoms with Gasteiger partial charge in [0, 0.05) is 9.52 Å². The molecule has 0 rings (SSSR count). The zero-order valence-corrected chi connectivity index (χ0v) is 6.32. The van der Waals surface area contributed by atoms with E-state index in [1.807, 2.05) is 6.08 Å². The fraction of sp³-hybridized carbons (Fsp3) is 0.600. The van der Waals surface area contributed by atoms with Gasteiger partial charge >= 0.3 is 0 Å². The molecule has 0 saturated carbocycles. The Hall–Kier alpha value is -0.0831. The van der Waals surface area contributed by atoms with Crippen LogP contribution < -0.4 is 0 Å². The average molecular weight is 118 g/mol. The molecule has 44 valence electrons. The first kappa shape index (κ1) is 10.0. The molecule has 0 aromatic heterocycles. The number of rotatable bonds is 3. The molecular weight excluding hydrogens is 104 g/mol. The third-order valence-corrected chi connectivity index (χ3v) is 2.29. The van der Waals surface area contributed by atoms with Crippen LogP contribution in [0.15, 0.2) is 12.7 Å². The van der Waals surface area contributed by atoms with Gasteiger partial charge in [0.2, 0.25) is 0 Å². The van der Waals surface area contributed by atoms with Gasteiger partial charge in [0.1, 0.15) is 0 Å².